The zero-order chi connectivity index (χ0) is 19.4. The fourth-order valence-electron chi connectivity index (χ4n) is 2.61. The summed E-state index contributed by atoms with van der Waals surface area (Å²) in [7, 11) is 0. The predicted octanol–water partition coefficient (Wildman–Crippen LogP) is 5.60. The first-order valence-electron chi connectivity index (χ1n) is 8.38. The summed E-state index contributed by atoms with van der Waals surface area (Å²) >= 11 is 11.9. The SMILES string of the molecule is CC(NC(=O)CCc1ncc(-c2ccccc2F)o1)c1ccc(Cl)c(Cl)c1. The van der Waals surface area contributed by atoms with Crippen LogP contribution in [0.15, 0.2) is 53.1 Å². The number of oxazole rings is 1. The molecule has 3 aromatic rings. The van der Waals surface area contributed by atoms with E-state index in [4.69, 9.17) is 27.6 Å². The highest BCUT2D eigenvalue weighted by Crippen LogP contribution is 2.26. The number of benzene rings is 2. The van der Waals surface area contributed by atoms with Crippen molar-refractivity contribution in [2.45, 2.75) is 25.8 Å². The lowest BCUT2D eigenvalue weighted by Gasteiger charge is -2.14. The lowest BCUT2D eigenvalue weighted by Crippen LogP contribution is -2.26. The van der Waals surface area contributed by atoms with Crippen molar-refractivity contribution in [3.8, 4) is 11.3 Å². The van der Waals surface area contributed by atoms with Crippen LogP contribution in [-0.2, 0) is 11.2 Å². The minimum absolute atomic E-state index is 0.154. The first-order chi connectivity index (χ1) is 12.9. The summed E-state index contributed by atoms with van der Waals surface area (Å²) in [6.07, 6.45) is 1.97. The number of hydrogen-bond acceptors (Lipinski definition) is 3. The molecule has 0 spiro atoms. The third-order valence-corrected chi connectivity index (χ3v) is 4.82. The van der Waals surface area contributed by atoms with E-state index >= 15 is 0 Å². The first-order valence-corrected chi connectivity index (χ1v) is 9.13. The van der Waals surface area contributed by atoms with Crippen LogP contribution < -0.4 is 5.32 Å². The van der Waals surface area contributed by atoms with Gasteiger partial charge in [0.25, 0.3) is 0 Å². The van der Waals surface area contributed by atoms with Crippen LogP contribution >= 0.6 is 23.2 Å². The van der Waals surface area contributed by atoms with Gasteiger partial charge >= 0.3 is 0 Å². The standard InChI is InChI=1S/C20H17Cl2FN2O2/c1-12(13-6-7-15(21)16(22)10-13)25-19(26)8-9-20-24-11-18(27-20)14-4-2-3-5-17(14)23/h2-7,10-12H,8-9H2,1H3,(H,25,26). The van der Waals surface area contributed by atoms with Gasteiger partial charge in [-0.05, 0) is 36.8 Å². The minimum atomic E-state index is -0.381. The van der Waals surface area contributed by atoms with Gasteiger partial charge in [0.15, 0.2) is 11.7 Å². The van der Waals surface area contributed by atoms with Crippen LogP contribution in [0.1, 0.15) is 30.8 Å². The Balaban J connectivity index is 1.56. The summed E-state index contributed by atoms with van der Waals surface area (Å²) in [5.41, 5.74) is 1.20. The van der Waals surface area contributed by atoms with Crippen LogP contribution in [0.4, 0.5) is 4.39 Å². The van der Waals surface area contributed by atoms with Crippen molar-refractivity contribution in [2.24, 2.45) is 0 Å². The van der Waals surface area contributed by atoms with Gasteiger partial charge in [0.1, 0.15) is 5.82 Å². The molecule has 140 valence electrons. The molecular formula is C20H17Cl2FN2O2. The maximum atomic E-state index is 13.8. The highest BCUT2D eigenvalue weighted by molar-refractivity contribution is 6.42. The van der Waals surface area contributed by atoms with Gasteiger partial charge < -0.3 is 9.73 Å². The lowest BCUT2D eigenvalue weighted by molar-refractivity contribution is -0.121. The molecule has 7 heteroatoms. The fraction of sp³-hybridized carbons (Fsp3) is 0.200. The normalized spacial score (nSPS) is 12.0. The molecule has 0 aliphatic heterocycles. The number of nitrogens with zero attached hydrogens (tertiary/aromatic N) is 1. The molecule has 4 nitrogen and oxygen atoms in total. The average molecular weight is 407 g/mol. The number of carbonyl (C=O) groups is 1. The molecule has 1 aromatic heterocycles. The van der Waals surface area contributed by atoms with Gasteiger partial charge in [-0.2, -0.15) is 0 Å². The molecule has 0 aliphatic rings. The fourth-order valence-corrected chi connectivity index (χ4v) is 2.92. The van der Waals surface area contributed by atoms with Gasteiger partial charge in [-0.1, -0.05) is 41.4 Å². The van der Waals surface area contributed by atoms with Crippen molar-refractivity contribution < 1.29 is 13.6 Å². The van der Waals surface area contributed by atoms with Crippen molar-refractivity contribution in [1.29, 1.82) is 0 Å². The minimum Gasteiger partial charge on any atom is -0.441 e. The zero-order valence-corrected chi connectivity index (χ0v) is 16.0. The molecule has 1 atom stereocenters. The Bertz CT molecular complexity index is 959. The van der Waals surface area contributed by atoms with E-state index in [1.54, 1.807) is 30.3 Å². The molecule has 0 bridgehead atoms. The Hall–Kier alpha value is -2.37. The van der Waals surface area contributed by atoms with Gasteiger partial charge in [0, 0.05) is 12.8 Å². The van der Waals surface area contributed by atoms with Crippen LogP contribution in [0, 0.1) is 5.82 Å². The molecule has 1 heterocycles. The van der Waals surface area contributed by atoms with Gasteiger partial charge in [-0.3, -0.25) is 4.79 Å². The van der Waals surface area contributed by atoms with Crippen LogP contribution in [0.5, 0.6) is 0 Å². The van der Waals surface area contributed by atoms with E-state index in [9.17, 15) is 9.18 Å². The number of aryl methyl sites for hydroxylation is 1. The van der Waals surface area contributed by atoms with E-state index in [2.05, 4.69) is 10.3 Å². The highest BCUT2D eigenvalue weighted by Gasteiger charge is 2.14. The van der Waals surface area contributed by atoms with E-state index in [-0.39, 0.29) is 24.2 Å². The molecule has 0 fully saturated rings. The van der Waals surface area contributed by atoms with Gasteiger partial charge in [0.2, 0.25) is 5.91 Å². The summed E-state index contributed by atoms with van der Waals surface area (Å²) in [5.74, 6) is 0.186. The number of halogens is 3. The molecule has 0 radical (unpaired) electrons. The molecule has 27 heavy (non-hydrogen) atoms. The molecule has 1 unspecified atom stereocenters. The summed E-state index contributed by atoms with van der Waals surface area (Å²) in [5, 5.41) is 3.80. The third kappa shape index (κ3) is 4.87. The molecule has 0 saturated carbocycles. The smallest absolute Gasteiger partial charge is 0.220 e. The van der Waals surface area contributed by atoms with Gasteiger partial charge in [0.05, 0.1) is 27.8 Å². The summed E-state index contributed by atoms with van der Waals surface area (Å²) in [6, 6.07) is 11.3. The second kappa shape index (κ2) is 8.55. The maximum Gasteiger partial charge on any atom is 0.220 e. The molecule has 0 saturated heterocycles. The molecule has 1 N–H and O–H groups in total. The molecule has 2 aromatic carbocycles. The van der Waals surface area contributed by atoms with Crippen LogP contribution in [0.3, 0.4) is 0 Å². The van der Waals surface area contributed by atoms with E-state index < -0.39 is 0 Å². The number of carbonyl (C=O) groups excluding carboxylic acids is 1. The quantitative estimate of drug-likeness (QED) is 0.579. The summed E-state index contributed by atoms with van der Waals surface area (Å²) in [6.45, 7) is 1.86. The Morgan fingerprint density at radius 1 is 1.22 bits per heavy atom. The Labute approximate surface area is 166 Å². The number of aromatic nitrogens is 1. The monoisotopic (exact) mass is 406 g/mol. The Morgan fingerprint density at radius 3 is 2.74 bits per heavy atom. The summed E-state index contributed by atoms with van der Waals surface area (Å²) < 4.78 is 19.3. The number of hydrogen-bond donors (Lipinski definition) is 1. The Morgan fingerprint density at radius 2 is 2.00 bits per heavy atom. The largest absolute Gasteiger partial charge is 0.441 e. The zero-order valence-electron chi connectivity index (χ0n) is 14.5. The number of rotatable bonds is 6. The van der Waals surface area contributed by atoms with Crippen LogP contribution in [0.25, 0.3) is 11.3 Å². The van der Waals surface area contributed by atoms with E-state index in [0.29, 0.717) is 33.7 Å². The maximum absolute atomic E-state index is 13.8. The van der Waals surface area contributed by atoms with Crippen molar-refractivity contribution in [1.82, 2.24) is 10.3 Å². The topological polar surface area (TPSA) is 55.1 Å². The van der Waals surface area contributed by atoms with E-state index in [1.807, 2.05) is 13.0 Å². The molecule has 3 rings (SSSR count). The average Bonchev–Trinajstić information content (AvgIpc) is 3.11. The lowest BCUT2D eigenvalue weighted by atomic mass is 10.1. The van der Waals surface area contributed by atoms with Crippen molar-refractivity contribution in [2.75, 3.05) is 0 Å². The molecular weight excluding hydrogens is 390 g/mol. The summed E-state index contributed by atoms with van der Waals surface area (Å²) in [4.78, 5) is 16.3. The van der Waals surface area contributed by atoms with Gasteiger partial charge in [-0.25, -0.2) is 9.37 Å². The number of nitrogens with one attached hydrogen (secondary N) is 1. The third-order valence-electron chi connectivity index (χ3n) is 4.08. The van der Waals surface area contributed by atoms with E-state index in [1.165, 1.54) is 12.3 Å². The second-order valence-corrected chi connectivity index (χ2v) is 6.88. The van der Waals surface area contributed by atoms with Crippen LogP contribution in [-0.4, -0.2) is 10.9 Å². The Kier molecular flexibility index (Phi) is 6.14. The molecule has 0 aliphatic carbocycles. The van der Waals surface area contributed by atoms with Crippen LogP contribution in [0.2, 0.25) is 10.0 Å². The van der Waals surface area contributed by atoms with Crippen molar-refractivity contribution in [3.63, 3.8) is 0 Å². The highest BCUT2D eigenvalue weighted by atomic mass is 35.5. The number of amides is 1. The van der Waals surface area contributed by atoms with Crippen molar-refractivity contribution in [3.05, 3.63) is 76.0 Å². The second-order valence-electron chi connectivity index (χ2n) is 6.06. The van der Waals surface area contributed by atoms with Gasteiger partial charge in [-0.15, -0.1) is 0 Å². The predicted molar refractivity (Wildman–Crippen MR) is 103 cm³/mol. The van der Waals surface area contributed by atoms with Crippen molar-refractivity contribution >= 4 is 29.1 Å². The molecule has 1 amide bonds. The first kappa shape index (κ1) is 19.4. The van der Waals surface area contributed by atoms with E-state index in [0.717, 1.165) is 5.56 Å².